The minimum atomic E-state index is -0.188. The monoisotopic (exact) mass is 388 g/mol. The first-order chi connectivity index (χ1) is 14.1. The van der Waals surface area contributed by atoms with Crippen molar-refractivity contribution in [3.63, 3.8) is 0 Å². The van der Waals surface area contributed by atoms with E-state index in [2.05, 4.69) is 22.3 Å². The van der Waals surface area contributed by atoms with Gasteiger partial charge >= 0.3 is 0 Å². The van der Waals surface area contributed by atoms with Crippen molar-refractivity contribution < 1.29 is 9.59 Å². The number of carbonyl (C=O) groups is 2. The van der Waals surface area contributed by atoms with Gasteiger partial charge in [0.15, 0.2) is 0 Å². The van der Waals surface area contributed by atoms with Crippen molar-refractivity contribution >= 4 is 11.8 Å². The second kappa shape index (κ2) is 8.31. The Bertz CT molecular complexity index is 995. The van der Waals surface area contributed by atoms with Crippen molar-refractivity contribution in [2.45, 2.75) is 13.3 Å². The Morgan fingerprint density at radius 3 is 2.55 bits per heavy atom. The molecule has 6 heteroatoms. The largest absolute Gasteiger partial charge is 0.339 e. The lowest BCUT2D eigenvalue weighted by Gasteiger charge is -2.34. The molecule has 1 saturated heterocycles. The zero-order valence-corrected chi connectivity index (χ0v) is 16.5. The van der Waals surface area contributed by atoms with Gasteiger partial charge < -0.3 is 9.80 Å². The van der Waals surface area contributed by atoms with Crippen LogP contribution in [-0.4, -0.2) is 58.0 Å². The molecule has 29 heavy (non-hydrogen) atoms. The lowest BCUT2D eigenvalue weighted by Crippen LogP contribution is -2.52. The van der Waals surface area contributed by atoms with E-state index in [0.717, 1.165) is 17.7 Å². The van der Waals surface area contributed by atoms with Gasteiger partial charge in [-0.2, -0.15) is 5.10 Å². The van der Waals surface area contributed by atoms with Crippen molar-refractivity contribution in [2.24, 2.45) is 0 Å². The summed E-state index contributed by atoms with van der Waals surface area (Å²) in [5, 5.41) is 7.08. The highest BCUT2D eigenvalue weighted by molar-refractivity contribution is 5.96. The maximum Gasteiger partial charge on any atom is 0.272 e. The SMILES string of the molecule is Cc1ccc(-c2cc(C(=O)N3CCN(CCc4ccccc4)C(=O)C3)[nH]n2)cc1. The molecule has 0 spiro atoms. The summed E-state index contributed by atoms with van der Waals surface area (Å²) in [4.78, 5) is 28.8. The van der Waals surface area contributed by atoms with E-state index in [0.29, 0.717) is 25.3 Å². The normalized spacial score (nSPS) is 14.3. The van der Waals surface area contributed by atoms with E-state index in [-0.39, 0.29) is 18.4 Å². The molecule has 4 rings (SSSR count). The Labute approximate surface area is 170 Å². The van der Waals surface area contributed by atoms with E-state index in [1.807, 2.05) is 54.3 Å². The van der Waals surface area contributed by atoms with Crippen LogP contribution in [0.3, 0.4) is 0 Å². The van der Waals surface area contributed by atoms with Crippen molar-refractivity contribution in [2.75, 3.05) is 26.2 Å². The van der Waals surface area contributed by atoms with Crippen molar-refractivity contribution in [1.29, 1.82) is 0 Å². The number of aromatic nitrogens is 2. The average molecular weight is 388 g/mol. The lowest BCUT2D eigenvalue weighted by molar-refractivity contribution is -0.134. The number of benzene rings is 2. The van der Waals surface area contributed by atoms with Gasteiger partial charge in [-0.25, -0.2) is 0 Å². The summed E-state index contributed by atoms with van der Waals surface area (Å²) in [5.74, 6) is -0.203. The molecule has 2 heterocycles. The number of H-pyrrole nitrogens is 1. The quantitative estimate of drug-likeness (QED) is 0.731. The van der Waals surface area contributed by atoms with Gasteiger partial charge in [-0.1, -0.05) is 60.2 Å². The summed E-state index contributed by atoms with van der Waals surface area (Å²) in [6, 6.07) is 19.9. The van der Waals surface area contributed by atoms with Crippen molar-refractivity contribution in [3.05, 3.63) is 77.5 Å². The number of rotatable bonds is 5. The van der Waals surface area contributed by atoms with Crippen LogP contribution < -0.4 is 0 Å². The molecule has 6 nitrogen and oxygen atoms in total. The number of hydrogen-bond acceptors (Lipinski definition) is 3. The van der Waals surface area contributed by atoms with Crippen molar-refractivity contribution in [1.82, 2.24) is 20.0 Å². The lowest BCUT2D eigenvalue weighted by atomic mass is 10.1. The van der Waals surface area contributed by atoms with Gasteiger partial charge in [0.2, 0.25) is 5.91 Å². The van der Waals surface area contributed by atoms with Gasteiger partial charge in [0.25, 0.3) is 5.91 Å². The number of hydrogen-bond donors (Lipinski definition) is 1. The van der Waals surface area contributed by atoms with Crippen molar-refractivity contribution in [3.8, 4) is 11.3 Å². The van der Waals surface area contributed by atoms with Crippen LogP contribution in [0.4, 0.5) is 0 Å². The zero-order valence-electron chi connectivity index (χ0n) is 16.5. The number of carbonyl (C=O) groups excluding carboxylic acids is 2. The standard InChI is InChI=1S/C23H24N4O2/c1-17-7-9-19(10-8-17)20-15-21(25-24-20)23(29)27-14-13-26(22(28)16-27)12-11-18-5-3-2-4-6-18/h2-10,15H,11-14,16H2,1H3,(H,24,25). The molecule has 0 atom stereocenters. The number of piperazine rings is 1. The molecule has 1 aliphatic rings. The summed E-state index contributed by atoms with van der Waals surface area (Å²) in [6.07, 6.45) is 0.820. The topological polar surface area (TPSA) is 69.3 Å². The minimum Gasteiger partial charge on any atom is -0.339 e. The summed E-state index contributed by atoms with van der Waals surface area (Å²) in [7, 11) is 0. The van der Waals surface area contributed by atoms with Crippen LogP contribution in [0.15, 0.2) is 60.7 Å². The van der Waals surface area contributed by atoms with Crippen LogP contribution in [0.5, 0.6) is 0 Å². The Morgan fingerprint density at radius 2 is 1.83 bits per heavy atom. The van der Waals surface area contributed by atoms with Gasteiger partial charge in [0, 0.05) is 25.2 Å². The molecular weight excluding hydrogens is 364 g/mol. The predicted octanol–water partition coefficient (Wildman–Crippen LogP) is 2.91. The van der Waals surface area contributed by atoms with E-state index >= 15 is 0 Å². The fraction of sp³-hybridized carbons (Fsp3) is 0.261. The number of nitrogens with zero attached hydrogens (tertiary/aromatic N) is 3. The van der Waals surface area contributed by atoms with Crippen LogP contribution in [-0.2, 0) is 11.2 Å². The molecule has 1 aromatic heterocycles. The predicted molar refractivity (Wildman–Crippen MR) is 111 cm³/mol. The third kappa shape index (κ3) is 4.37. The van der Waals surface area contributed by atoms with Gasteiger partial charge in [0.05, 0.1) is 5.69 Å². The maximum absolute atomic E-state index is 12.8. The molecule has 1 N–H and O–H groups in total. The van der Waals surface area contributed by atoms with E-state index in [9.17, 15) is 9.59 Å². The van der Waals surface area contributed by atoms with Crippen LogP contribution in [0.25, 0.3) is 11.3 Å². The van der Waals surface area contributed by atoms with E-state index < -0.39 is 0 Å². The summed E-state index contributed by atoms with van der Waals surface area (Å²) >= 11 is 0. The van der Waals surface area contributed by atoms with E-state index in [4.69, 9.17) is 0 Å². The number of amides is 2. The molecule has 3 aromatic rings. The number of aromatic amines is 1. The second-order valence-corrected chi connectivity index (χ2v) is 7.38. The first kappa shape index (κ1) is 18.9. The summed E-state index contributed by atoms with van der Waals surface area (Å²) in [6.45, 7) is 3.88. The first-order valence-corrected chi connectivity index (χ1v) is 9.83. The smallest absolute Gasteiger partial charge is 0.272 e. The first-order valence-electron chi connectivity index (χ1n) is 9.83. The molecule has 0 aliphatic carbocycles. The molecule has 0 unspecified atom stereocenters. The summed E-state index contributed by atoms with van der Waals surface area (Å²) in [5.41, 5.74) is 4.46. The van der Waals surface area contributed by atoms with Gasteiger partial charge in [-0.15, -0.1) is 0 Å². The number of nitrogens with one attached hydrogen (secondary N) is 1. The molecule has 1 fully saturated rings. The molecule has 2 aromatic carbocycles. The van der Waals surface area contributed by atoms with Gasteiger partial charge in [-0.05, 0) is 25.0 Å². The molecular formula is C23H24N4O2. The highest BCUT2D eigenvalue weighted by Gasteiger charge is 2.28. The van der Waals surface area contributed by atoms with E-state index in [1.54, 1.807) is 11.0 Å². The Kier molecular flexibility index (Phi) is 5.42. The Hall–Kier alpha value is -3.41. The van der Waals surface area contributed by atoms with Crippen LogP contribution in [0.2, 0.25) is 0 Å². The molecule has 0 radical (unpaired) electrons. The van der Waals surface area contributed by atoms with Gasteiger partial charge in [-0.3, -0.25) is 14.7 Å². The Morgan fingerprint density at radius 1 is 1.07 bits per heavy atom. The Balaban J connectivity index is 1.36. The van der Waals surface area contributed by atoms with Crippen LogP contribution in [0, 0.1) is 6.92 Å². The van der Waals surface area contributed by atoms with Gasteiger partial charge in [0.1, 0.15) is 12.2 Å². The fourth-order valence-electron chi connectivity index (χ4n) is 3.50. The molecule has 0 saturated carbocycles. The molecule has 1 aliphatic heterocycles. The average Bonchev–Trinajstić information content (AvgIpc) is 3.24. The molecule has 148 valence electrons. The third-order valence-corrected chi connectivity index (χ3v) is 5.27. The summed E-state index contributed by atoms with van der Waals surface area (Å²) < 4.78 is 0. The van der Waals surface area contributed by atoms with Crippen LogP contribution in [0.1, 0.15) is 21.6 Å². The third-order valence-electron chi connectivity index (χ3n) is 5.27. The maximum atomic E-state index is 12.8. The second-order valence-electron chi connectivity index (χ2n) is 7.38. The zero-order chi connectivity index (χ0) is 20.2. The fourth-order valence-corrected chi connectivity index (χ4v) is 3.50. The van der Waals surface area contributed by atoms with E-state index in [1.165, 1.54) is 11.1 Å². The number of aryl methyl sites for hydroxylation is 1. The van der Waals surface area contributed by atoms with Crippen LogP contribution >= 0.6 is 0 Å². The highest BCUT2D eigenvalue weighted by Crippen LogP contribution is 2.19. The highest BCUT2D eigenvalue weighted by atomic mass is 16.2. The molecule has 2 amide bonds. The molecule has 0 bridgehead atoms. The minimum absolute atomic E-state index is 0.0150.